The highest BCUT2D eigenvalue weighted by Gasteiger charge is 2.39. The van der Waals surface area contributed by atoms with Gasteiger partial charge in [0.25, 0.3) is 0 Å². The number of rotatable bonds is 3. The van der Waals surface area contributed by atoms with Crippen molar-refractivity contribution in [3.8, 4) is 0 Å². The lowest BCUT2D eigenvalue weighted by Crippen LogP contribution is -2.32. The van der Waals surface area contributed by atoms with Crippen molar-refractivity contribution < 1.29 is 4.39 Å². The molecule has 0 heterocycles. The van der Waals surface area contributed by atoms with E-state index in [0.717, 1.165) is 23.7 Å². The van der Waals surface area contributed by atoms with Gasteiger partial charge in [0.05, 0.1) is 0 Å². The second-order valence-corrected chi connectivity index (χ2v) is 5.98. The van der Waals surface area contributed by atoms with Crippen molar-refractivity contribution in [3.63, 3.8) is 0 Å². The monoisotopic (exact) mass is 299 g/mol. The summed E-state index contributed by atoms with van der Waals surface area (Å²) in [5.41, 5.74) is 7.11. The molecule has 0 aromatic heterocycles. The van der Waals surface area contributed by atoms with Crippen LogP contribution in [0.25, 0.3) is 0 Å². The van der Waals surface area contributed by atoms with E-state index in [1.54, 1.807) is 6.07 Å². The predicted octanol–water partition coefficient (Wildman–Crippen LogP) is 4.56. The van der Waals surface area contributed by atoms with Crippen LogP contribution in [0.2, 0.25) is 0 Å². The molecular weight excluding hydrogens is 281 g/mol. The zero-order valence-corrected chi connectivity index (χ0v) is 11.8. The Kier molecular flexibility index (Phi) is 3.88. The van der Waals surface area contributed by atoms with Crippen molar-refractivity contribution in [2.24, 2.45) is 11.1 Å². The van der Waals surface area contributed by atoms with Gasteiger partial charge in [0.2, 0.25) is 0 Å². The van der Waals surface area contributed by atoms with Crippen LogP contribution < -0.4 is 5.73 Å². The molecule has 3 heteroatoms. The normalized spacial score (nSPS) is 20.5. The van der Waals surface area contributed by atoms with Crippen LogP contribution in [0.5, 0.6) is 0 Å². The maximum absolute atomic E-state index is 13.9. The molecule has 0 saturated heterocycles. The fraction of sp³-hybridized carbons (Fsp3) is 0.571. The van der Waals surface area contributed by atoms with Gasteiger partial charge >= 0.3 is 0 Å². The summed E-state index contributed by atoms with van der Waals surface area (Å²) in [4.78, 5) is 0. The molecule has 1 aliphatic rings. The fourth-order valence-corrected chi connectivity index (χ4v) is 3.43. The van der Waals surface area contributed by atoms with Crippen LogP contribution in [0, 0.1) is 11.2 Å². The van der Waals surface area contributed by atoms with E-state index in [9.17, 15) is 4.39 Å². The van der Waals surface area contributed by atoms with Crippen LogP contribution in [0.4, 0.5) is 4.39 Å². The molecule has 2 N–H and O–H groups in total. The molecule has 1 nitrogen and oxygen atoms in total. The predicted molar refractivity (Wildman–Crippen MR) is 72.2 cm³/mol. The van der Waals surface area contributed by atoms with E-state index in [0.29, 0.717) is 5.56 Å². The van der Waals surface area contributed by atoms with Gasteiger partial charge in [-0.2, -0.15) is 0 Å². The van der Waals surface area contributed by atoms with Crippen molar-refractivity contribution in [3.05, 3.63) is 34.1 Å². The third-order valence-corrected chi connectivity index (χ3v) is 4.75. The summed E-state index contributed by atoms with van der Waals surface area (Å²) in [6.45, 7) is 2.17. The Morgan fingerprint density at radius 3 is 2.65 bits per heavy atom. The highest BCUT2D eigenvalue weighted by molar-refractivity contribution is 9.10. The van der Waals surface area contributed by atoms with Crippen molar-refractivity contribution in [2.45, 2.75) is 45.1 Å². The standard InChI is InChI=1S/C14H19BrFN/c1-2-14(7-3-4-8-14)13(17)11-9-10(15)5-6-12(11)16/h5-6,9,13H,2-4,7-8,17H2,1H3. The number of hydrogen-bond acceptors (Lipinski definition) is 1. The van der Waals surface area contributed by atoms with E-state index in [1.807, 2.05) is 6.07 Å². The molecule has 2 rings (SSSR count). The minimum atomic E-state index is -0.188. The Hall–Kier alpha value is -0.410. The number of hydrogen-bond donors (Lipinski definition) is 1. The molecule has 1 unspecified atom stereocenters. The molecule has 1 aromatic carbocycles. The highest BCUT2D eigenvalue weighted by Crippen LogP contribution is 2.49. The molecule has 0 radical (unpaired) electrons. The Bertz CT molecular complexity index is 399. The van der Waals surface area contributed by atoms with E-state index in [2.05, 4.69) is 22.9 Å². The summed E-state index contributed by atoms with van der Waals surface area (Å²) in [5.74, 6) is -0.180. The van der Waals surface area contributed by atoms with Gasteiger partial charge in [0.1, 0.15) is 5.82 Å². The number of nitrogens with two attached hydrogens (primary N) is 1. The first-order valence-corrected chi connectivity index (χ1v) is 7.09. The average Bonchev–Trinajstić information content (AvgIpc) is 2.81. The summed E-state index contributed by atoms with van der Waals surface area (Å²) < 4.78 is 14.8. The van der Waals surface area contributed by atoms with Gasteiger partial charge in [-0.05, 0) is 42.9 Å². The average molecular weight is 300 g/mol. The molecule has 1 saturated carbocycles. The molecular formula is C14H19BrFN. The van der Waals surface area contributed by atoms with Gasteiger partial charge in [-0.15, -0.1) is 0 Å². The smallest absolute Gasteiger partial charge is 0.128 e. The molecule has 1 aromatic rings. The van der Waals surface area contributed by atoms with E-state index in [4.69, 9.17) is 5.73 Å². The first-order valence-electron chi connectivity index (χ1n) is 6.29. The third-order valence-electron chi connectivity index (χ3n) is 4.26. The molecule has 0 spiro atoms. The minimum absolute atomic E-state index is 0.0988. The van der Waals surface area contributed by atoms with E-state index < -0.39 is 0 Å². The molecule has 0 amide bonds. The molecule has 0 bridgehead atoms. The Morgan fingerprint density at radius 2 is 2.06 bits per heavy atom. The largest absolute Gasteiger partial charge is 0.323 e. The van der Waals surface area contributed by atoms with Gasteiger partial charge < -0.3 is 5.73 Å². The summed E-state index contributed by atoms with van der Waals surface area (Å²) in [6, 6.07) is 4.86. The Labute approximate surface area is 111 Å². The van der Waals surface area contributed by atoms with Crippen LogP contribution in [-0.4, -0.2) is 0 Å². The number of halogens is 2. The third kappa shape index (κ3) is 2.41. The molecule has 1 fully saturated rings. The lowest BCUT2D eigenvalue weighted by atomic mass is 9.74. The maximum atomic E-state index is 13.9. The molecule has 1 atom stereocenters. The van der Waals surface area contributed by atoms with Gasteiger partial charge in [-0.25, -0.2) is 4.39 Å². The SMILES string of the molecule is CCC1(C(N)c2cc(Br)ccc2F)CCCC1. The zero-order chi connectivity index (χ0) is 12.5. The van der Waals surface area contributed by atoms with Crippen molar-refractivity contribution in [1.82, 2.24) is 0 Å². The summed E-state index contributed by atoms with van der Waals surface area (Å²) in [7, 11) is 0. The summed E-state index contributed by atoms with van der Waals surface area (Å²) in [6.07, 6.45) is 5.71. The molecule has 94 valence electrons. The molecule has 0 aliphatic heterocycles. The van der Waals surface area contributed by atoms with Gasteiger partial charge in [-0.3, -0.25) is 0 Å². The number of benzene rings is 1. The second kappa shape index (κ2) is 5.07. The van der Waals surface area contributed by atoms with E-state index >= 15 is 0 Å². The van der Waals surface area contributed by atoms with Gasteiger partial charge in [-0.1, -0.05) is 35.7 Å². The van der Waals surface area contributed by atoms with Gasteiger partial charge in [0.15, 0.2) is 0 Å². The zero-order valence-electron chi connectivity index (χ0n) is 10.2. The van der Waals surface area contributed by atoms with Crippen molar-refractivity contribution in [1.29, 1.82) is 0 Å². The lowest BCUT2D eigenvalue weighted by molar-refractivity contribution is 0.218. The van der Waals surface area contributed by atoms with Crippen molar-refractivity contribution >= 4 is 15.9 Å². The lowest BCUT2D eigenvalue weighted by Gasteiger charge is -2.35. The second-order valence-electron chi connectivity index (χ2n) is 5.07. The van der Waals surface area contributed by atoms with E-state index in [1.165, 1.54) is 18.9 Å². The van der Waals surface area contributed by atoms with Crippen molar-refractivity contribution in [2.75, 3.05) is 0 Å². The minimum Gasteiger partial charge on any atom is -0.323 e. The van der Waals surface area contributed by atoms with Gasteiger partial charge in [0, 0.05) is 16.1 Å². The molecule has 17 heavy (non-hydrogen) atoms. The topological polar surface area (TPSA) is 26.0 Å². The summed E-state index contributed by atoms with van der Waals surface area (Å²) >= 11 is 3.39. The quantitative estimate of drug-likeness (QED) is 0.870. The summed E-state index contributed by atoms with van der Waals surface area (Å²) in [5, 5.41) is 0. The van der Waals surface area contributed by atoms with E-state index in [-0.39, 0.29) is 17.3 Å². The first-order chi connectivity index (χ1) is 8.09. The van der Waals surface area contributed by atoms with Crippen LogP contribution >= 0.6 is 15.9 Å². The van der Waals surface area contributed by atoms with Crippen LogP contribution in [0.1, 0.15) is 50.6 Å². The Balaban J connectivity index is 2.35. The van der Waals surface area contributed by atoms with Crippen LogP contribution in [0.3, 0.4) is 0 Å². The highest BCUT2D eigenvalue weighted by atomic mass is 79.9. The first kappa shape index (κ1) is 13.0. The maximum Gasteiger partial charge on any atom is 0.128 e. The van der Waals surface area contributed by atoms with Crippen LogP contribution in [-0.2, 0) is 0 Å². The Morgan fingerprint density at radius 1 is 1.41 bits per heavy atom. The fourth-order valence-electron chi connectivity index (χ4n) is 3.05. The van der Waals surface area contributed by atoms with Crippen LogP contribution in [0.15, 0.2) is 22.7 Å². The molecule has 1 aliphatic carbocycles.